The maximum atomic E-state index is 13.8. The van der Waals surface area contributed by atoms with Gasteiger partial charge in [-0.3, -0.25) is 24.0 Å². The molecular weight excluding hydrogens is 496 g/mol. The number of ketones is 1. The third-order valence-corrected chi connectivity index (χ3v) is 7.10. The largest absolute Gasteiger partial charge is 0.458 e. The van der Waals surface area contributed by atoms with Crippen molar-refractivity contribution in [2.24, 2.45) is 11.3 Å². The van der Waals surface area contributed by atoms with E-state index in [0.717, 1.165) is 0 Å². The highest BCUT2D eigenvalue weighted by Crippen LogP contribution is 2.50. The zero-order chi connectivity index (χ0) is 28.9. The van der Waals surface area contributed by atoms with E-state index in [1.165, 1.54) is 27.7 Å². The number of aliphatic hydroxyl groups excluding tert-OH is 1. The monoisotopic (exact) mass is 534 g/mol. The lowest BCUT2D eigenvalue weighted by Crippen LogP contribution is -2.49. The van der Waals surface area contributed by atoms with Crippen LogP contribution in [0.5, 0.6) is 0 Å². The third kappa shape index (κ3) is 7.18. The van der Waals surface area contributed by atoms with Gasteiger partial charge in [-0.2, -0.15) is 0 Å². The van der Waals surface area contributed by atoms with Crippen LogP contribution in [0.25, 0.3) is 0 Å². The van der Waals surface area contributed by atoms with E-state index in [1.807, 2.05) is 13.8 Å². The number of hydrogen-bond acceptors (Lipinski definition) is 10. The second kappa shape index (κ2) is 12.5. The SMILES string of the molecule is CC(=O)OC1CC=C(C)C(=O)C(OC(C)=O)C2=C(C)C(OC(C)=O)CC(C(OC(C)=O)C=C1CO)C2(C)C. The van der Waals surface area contributed by atoms with Gasteiger partial charge < -0.3 is 24.1 Å². The summed E-state index contributed by atoms with van der Waals surface area (Å²) < 4.78 is 22.4. The van der Waals surface area contributed by atoms with E-state index in [2.05, 4.69) is 0 Å². The first-order valence-electron chi connectivity index (χ1n) is 12.5. The molecule has 0 aromatic rings. The van der Waals surface area contributed by atoms with E-state index >= 15 is 0 Å². The van der Waals surface area contributed by atoms with Crippen molar-refractivity contribution in [2.45, 2.75) is 92.6 Å². The molecule has 0 aromatic heterocycles. The minimum atomic E-state index is -1.33. The van der Waals surface area contributed by atoms with E-state index in [9.17, 15) is 29.1 Å². The van der Waals surface area contributed by atoms with Crippen molar-refractivity contribution in [1.29, 1.82) is 0 Å². The Hall–Kier alpha value is -3.27. The fourth-order valence-corrected chi connectivity index (χ4v) is 5.38. The summed E-state index contributed by atoms with van der Waals surface area (Å²) in [5.74, 6) is -3.52. The molecule has 10 heteroatoms. The predicted octanol–water partition coefficient (Wildman–Crippen LogP) is 2.91. The number of fused-ring (bicyclic) bond motifs is 2. The summed E-state index contributed by atoms with van der Waals surface area (Å²) in [6.45, 7) is 11.4. The first-order chi connectivity index (χ1) is 17.6. The van der Waals surface area contributed by atoms with Crippen LogP contribution >= 0.6 is 0 Å². The zero-order valence-electron chi connectivity index (χ0n) is 23.3. The molecule has 0 radical (unpaired) electrons. The molecule has 210 valence electrons. The Labute approximate surface area is 223 Å². The van der Waals surface area contributed by atoms with Gasteiger partial charge in [0.15, 0.2) is 6.10 Å². The molecule has 0 spiro atoms. The second-order valence-corrected chi connectivity index (χ2v) is 10.3. The van der Waals surface area contributed by atoms with E-state index < -0.39 is 72.0 Å². The molecule has 0 aliphatic heterocycles. The number of esters is 4. The molecule has 1 N–H and O–H groups in total. The van der Waals surface area contributed by atoms with Crippen molar-refractivity contribution in [3.63, 3.8) is 0 Å². The van der Waals surface area contributed by atoms with E-state index in [4.69, 9.17) is 18.9 Å². The summed E-state index contributed by atoms with van der Waals surface area (Å²) in [6.07, 6.45) is -0.686. The molecule has 2 bridgehead atoms. The van der Waals surface area contributed by atoms with Crippen LogP contribution in [0.2, 0.25) is 0 Å². The van der Waals surface area contributed by atoms with Gasteiger partial charge in [0.25, 0.3) is 0 Å². The second-order valence-electron chi connectivity index (χ2n) is 10.3. The number of carbonyl (C=O) groups excluding carboxylic acids is 5. The molecule has 5 unspecified atom stereocenters. The average Bonchev–Trinajstić information content (AvgIpc) is 2.78. The first-order valence-corrected chi connectivity index (χ1v) is 12.5. The Morgan fingerprint density at radius 1 is 0.895 bits per heavy atom. The van der Waals surface area contributed by atoms with Gasteiger partial charge in [0, 0.05) is 40.0 Å². The summed E-state index contributed by atoms with van der Waals surface area (Å²) in [5, 5.41) is 10.2. The van der Waals surface area contributed by atoms with Gasteiger partial charge >= 0.3 is 23.9 Å². The van der Waals surface area contributed by atoms with Crippen LogP contribution in [-0.2, 0) is 42.9 Å². The number of ether oxygens (including phenoxy) is 4. The lowest BCUT2D eigenvalue weighted by Gasteiger charge is -2.48. The fourth-order valence-electron chi connectivity index (χ4n) is 5.38. The van der Waals surface area contributed by atoms with Crippen molar-refractivity contribution in [3.8, 4) is 0 Å². The number of aliphatic hydroxyl groups is 1. The van der Waals surface area contributed by atoms with Gasteiger partial charge in [0.05, 0.1) is 6.61 Å². The summed E-state index contributed by atoms with van der Waals surface area (Å²) in [7, 11) is 0. The molecule has 0 amide bonds. The standard InChI is InChI=1S/C28H38O10/c1-14-9-10-22(35-16(3)30)20(13-29)11-24(37-18(5)32)21-12-23(36-17(4)31)15(2)25(28(21,7)8)27(26(14)34)38-19(6)33/h9,11,21-24,27,29H,10,12-13H2,1-8H3. The molecule has 0 saturated carbocycles. The van der Waals surface area contributed by atoms with Gasteiger partial charge in [0.1, 0.15) is 18.3 Å². The van der Waals surface area contributed by atoms with Crippen molar-refractivity contribution in [1.82, 2.24) is 0 Å². The maximum absolute atomic E-state index is 13.8. The molecule has 0 saturated heterocycles. The summed E-state index contributed by atoms with van der Waals surface area (Å²) in [5.41, 5.74) is 0.625. The topological polar surface area (TPSA) is 143 Å². The fraction of sp³-hybridized carbons (Fsp3) is 0.607. The molecule has 38 heavy (non-hydrogen) atoms. The van der Waals surface area contributed by atoms with E-state index in [1.54, 1.807) is 26.0 Å². The van der Waals surface area contributed by atoms with Crippen LogP contribution in [0.4, 0.5) is 0 Å². The smallest absolute Gasteiger partial charge is 0.303 e. The van der Waals surface area contributed by atoms with E-state index in [-0.39, 0.29) is 24.0 Å². The Balaban J connectivity index is 2.94. The van der Waals surface area contributed by atoms with Crippen LogP contribution in [0.1, 0.15) is 68.2 Å². The Bertz CT molecular complexity index is 1080. The molecule has 0 fully saturated rings. The summed E-state index contributed by atoms with van der Waals surface area (Å²) in [6, 6.07) is 0. The third-order valence-electron chi connectivity index (χ3n) is 7.10. The van der Waals surface area contributed by atoms with Gasteiger partial charge in [0.2, 0.25) is 5.78 Å². The van der Waals surface area contributed by atoms with Gasteiger partial charge in [-0.25, -0.2) is 0 Å². The molecule has 2 aliphatic carbocycles. The van der Waals surface area contributed by atoms with Crippen LogP contribution in [0, 0.1) is 11.3 Å². The maximum Gasteiger partial charge on any atom is 0.303 e. The predicted molar refractivity (Wildman–Crippen MR) is 135 cm³/mol. The molecule has 5 atom stereocenters. The molecule has 10 nitrogen and oxygen atoms in total. The van der Waals surface area contributed by atoms with Crippen LogP contribution in [0.15, 0.2) is 34.4 Å². The Kier molecular flexibility index (Phi) is 10.2. The molecule has 2 aliphatic rings. The van der Waals surface area contributed by atoms with Crippen molar-refractivity contribution in [2.75, 3.05) is 6.61 Å². The molecule has 2 rings (SSSR count). The van der Waals surface area contributed by atoms with Crippen LogP contribution in [0.3, 0.4) is 0 Å². The highest BCUT2D eigenvalue weighted by Gasteiger charge is 2.51. The normalized spacial score (nSPS) is 27.6. The Morgan fingerprint density at radius 3 is 1.92 bits per heavy atom. The number of carbonyl (C=O) groups is 5. The number of Topliss-reactive ketones (excluding diaryl/α,β-unsaturated/α-hetero) is 1. The molecule has 0 aromatic carbocycles. The number of rotatable bonds is 5. The highest BCUT2D eigenvalue weighted by molar-refractivity contribution is 6.01. The Morgan fingerprint density at radius 2 is 1.42 bits per heavy atom. The van der Waals surface area contributed by atoms with Gasteiger partial charge in [-0.15, -0.1) is 0 Å². The zero-order valence-corrected chi connectivity index (χ0v) is 23.3. The quantitative estimate of drug-likeness (QED) is 0.318. The average molecular weight is 535 g/mol. The van der Waals surface area contributed by atoms with Gasteiger partial charge in [-0.1, -0.05) is 19.9 Å². The van der Waals surface area contributed by atoms with Crippen LogP contribution in [-0.4, -0.2) is 65.8 Å². The minimum absolute atomic E-state index is 0.0469. The minimum Gasteiger partial charge on any atom is -0.458 e. The van der Waals surface area contributed by atoms with Crippen LogP contribution < -0.4 is 0 Å². The van der Waals surface area contributed by atoms with Gasteiger partial charge in [-0.05, 0) is 54.1 Å². The highest BCUT2D eigenvalue weighted by atomic mass is 16.6. The van der Waals surface area contributed by atoms with E-state index in [0.29, 0.717) is 11.1 Å². The van der Waals surface area contributed by atoms with Crippen molar-refractivity contribution < 1.29 is 48.0 Å². The molecule has 0 heterocycles. The lowest BCUT2D eigenvalue weighted by atomic mass is 9.60. The molecular formula is C28H38O10. The van der Waals surface area contributed by atoms with Crippen molar-refractivity contribution >= 4 is 29.7 Å². The summed E-state index contributed by atoms with van der Waals surface area (Å²) in [4.78, 5) is 62.0. The lowest BCUT2D eigenvalue weighted by molar-refractivity contribution is -0.156. The summed E-state index contributed by atoms with van der Waals surface area (Å²) >= 11 is 0. The number of hydrogen-bond donors (Lipinski definition) is 1. The first kappa shape index (κ1) is 31.0. The van der Waals surface area contributed by atoms with Crippen molar-refractivity contribution in [3.05, 3.63) is 34.4 Å².